The number of hydrogen-bond donors (Lipinski definition) is 3. The Bertz CT molecular complexity index is 916. The first-order chi connectivity index (χ1) is 12.6. The summed E-state index contributed by atoms with van der Waals surface area (Å²) >= 11 is 0. The van der Waals surface area contributed by atoms with Crippen molar-refractivity contribution in [3.8, 4) is 0 Å². The van der Waals surface area contributed by atoms with Crippen molar-refractivity contribution in [3.63, 3.8) is 0 Å². The molecule has 2 aromatic carbocycles. The van der Waals surface area contributed by atoms with Crippen molar-refractivity contribution in [1.82, 2.24) is 9.97 Å². The van der Waals surface area contributed by atoms with Crippen molar-refractivity contribution in [2.45, 2.75) is 13.5 Å². The highest BCUT2D eigenvalue weighted by Gasteiger charge is 2.04. The first kappa shape index (κ1) is 17.3. The Morgan fingerprint density at radius 3 is 2.69 bits per heavy atom. The second-order valence-electron chi connectivity index (χ2n) is 5.60. The van der Waals surface area contributed by atoms with Crippen molar-refractivity contribution in [2.75, 3.05) is 16.0 Å². The minimum Gasteiger partial charge on any atom is -0.350 e. The standard InChI is InChI=1S/C19H18FN5O/c1-13(26)23-15-6-4-7-16(11-15)24-18-9-10-21-19(25-18)22-12-14-5-2-3-8-17(14)20/h2-11H,12H2,1H3,(H,23,26)(H2,21,22,24,25). The molecule has 0 bridgehead atoms. The summed E-state index contributed by atoms with van der Waals surface area (Å²) in [6.07, 6.45) is 1.61. The molecule has 0 unspecified atom stereocenters. The average molecular weight is 351 g/mol. The maximum atomic E-state index is 13.7. The summed E-state index contributed by atoms with van der Waals surface area (Å²) in [6, 6.07) is 15.6. The number of hydrogen-bond acceptors (Lipinski definition) is 5. The van der Waals surface area contributed by atoms with Crippen molar-refractivity contribution in [2.24, 2.45) is 0 Å². The van der Waals surface area contributed by atoms with Crippen molar-refractivity contribution < 1.29 is 9.18 Å². The Hall–Kier alpha value is -3.48. The number of nitrogens with zero attached hydrogens (tertiary/aromatic N) is 2. The van der Waals surface area contributed by atoms with Crippen LogP contribution in [0, 0.1) is 5.82 Å². The highest BCUT2D eigenvalue weighted by Crippen LogP contribution is 2.19. The summed E-state index contributed by atoms with van der Waals surface area (Å²) in [7, 11) is 0. The molecule has 0 atom stereocenters. The van der Waals surface area contributed by atoms with Gasteiger partial charge in [-0.05, 0) is 30.3 Å². The maximum Gasteiger partial charge on any atom is 0.224 e. The molecule has 6 nitrogen and oxygen atoms in total. The molecule has 0 aliphatic heterocycles. The van der Waals surface area contributed by atoms with Gasteiger partial charge in [-0.2, -0.15) is 4.98 Å². The Morgan fingerprint density at radius 2 is 1.88 bits per heavy atom. The molecule has 26 heavy (non-hydrogen) atoms. The van der Waals surface area contributed by atoms with Crippen LogP contribution in [0.4, 0.5) is 27.5 Å². The molecule has 0 saturated carbocycles. The molecule has 1 heterocycles. The van der Waals surface area contributed by atoms with Gasteiger partial charge < -0.3 is 16.0 Å². The predicted molar refractivity (Wildman–Crippen MR) is 99.8 cm³/mol. The summed E-state index contributed by atoms with van der Waals surface area (Å²) in [6.45, 7) is 1.74. The Balaban J connectivity index is 1.67. The zero-order valence-corrected chi connectivity index (χ0v) is 14.2. The number of rotatable bonds is 6. The summed E-state index contributed by atoms with van der Waals surface area (Å²) < 4.78 is 13.7. The second kappa shape index (κ2) is 8.06. The third kappa shape index (κ3) is 4.76. The molecule has 3 rings (SSSR count). The number of amides is 1. The van der Waals surface area contributed by atoms with Crippen LogP contribution in [0.3, 0.4) is 0 Å². The van der Waals surface area contributed by atoms with E-state index in [4.69, 9.17) is 0 Å². The fourth-order valence-electron chi connectivity index (χ4n) is 2.36. The summed E-state index contributed by atoms with van der Waals surface area (Å²) in [5.74, 6) is 0.556. The van der Waals surface area contributed by atoms with Gasteiger partial charge in [-0.25, -0.2) is 9.37 Å². The van der Waals surface area contributed by atoms with Gasteiger partial charge in [0.1, 0.15) is 11.6 Å². The number of carbonyl (C=O) groups is 1. The van der Waals surface area contributed by atoms with Crippen LogP contribution in [-0.4, -0.2) is 15.9 Å². The molecule has 132 valence electrons. The number of nitrogens with one attached hydrogen (secondary N) is 3. The zero-order valence-electron chi connectivity index (χ0n) is 14.2. The van der Waals surface area contributed by atoms with E-state index in [1.54, 1.807) is 42.6 Å². The number of anilines is 4. The fourth-order valence-corrected chi connectivity index (χ4v) is 2.36. The number of halogens is 1. The van der Waals surface area contributed by atoms with Gasteiger partial charge in [-0.3, -0.25) is 4.79 Å². The number of benzene rings is 2. The van der Waals surface area contributed by atoms with Gasteiger partial charge in [-0.15, -0.1) is 0 Å². The lowest BCUT2D eigenvalue weighted by Gasteiger charge is -2.10. The van der Waals surface area contributed by atoms with Crippen LogP contribution in [0.2, 0.25) is 0 Å². The topological polar surface area (TPSA) is 78.9 Å². The highest BCUT2D eigenvalue weighted by atomic mass is 19.1. The van der Waals surface area contributed by atoms with E-state index in [9.17, 15) is 9.18 Å². The molecule has 0 saturated heterocycles. The van der Waals surface area contributed by atoms with Crippen LogP contribution in [0.1, 0.15) is 12.5 Å². The SMILES string of the molecule is CC(=O)Nc1cccc(Nc2ccnc(NCc3ccccc3F)n2)c1. The quantitative estimate of drug-likeness (QED) is 0.627. The molecule has 0 radical (unpaired) electrons. The zero-order chi connectivity index (χ0) is 18.4. The minimum absolute atomic E-state index is 0.135. The first-order valence-electron chi connectivity index (χ1n) is 8.05. The molecule has 1 amide bonds. The van der Waals surface area contributed by atoms with Gasteiger partial charge in [0.05, 0.1) is 0 Å². The third-order valence-corrected chi connectivity index (χ3v) is 3.51. The highest BCUT2D eigenvalue weighted by molar-refractivity contribution is 5.89. The van der Waals surface area contributed by atoms with Crippen LogP contribution in [0.15, 0.2) is 60.8 Å². The molecular weight excluding hydrogens is 333 g/mol. The van der Waals surface area contributed by atoms with Crippen LogP contribution in [0.25, 0.3) is 0 Å². The van der Waals surface area contributed by atoms with E-state index in [1.807, 2.05) is 12.1 Å². The van der Waals surface area contributed by atoms with E-state index in [1.165, 1.54) is 13.0 Å². The minimum atomic E-state index is -0.274. The Kier molecular flexibility index (Phi) is 5.38. The predicted octanol–water partition coefficient (Wildman–Crippen LogP) is 3.93. The van der Waals surface area contributed by atoms with E-state index < -0.39 is 0 Å². The number of carbonyl (C=O) groups excluding carboxylic acids is 1. The van der Waals surface area contributed by atoms with Gasteiger partial charge in [0.25, 0.3) is 0 Å². The molecule has 0 aliphatic rings. The van der Waals surface area contributed by atoms with E-state index >= 15 is 0 Å². The lowest BCUT2D eigenvalue weighted by molar-refractivity contribution is -0.114. The molecule has 3 N–H and O–H groups in total. The van der Waals surface area contributed by atoms with Crippen molar-refractivity contribution >= 4 is 29.0 Å². The lowest BCUT2D eigenvalue weighted by atomic mass is 10.2. The van der Waals surface area contributed by atoms with Gasteiger partial charge in [0.15, 0.2) is 0 Å². The Labute approximate surface area is 150 Å². The number of aromatic nitrogens is 2. The first-order valence-corrected chi connectivity index (χ1v) is 8.05. The normalized spacial score (nSPS) is 10.2. The van der Waals surface area contributed by atoms with Crippen LogP contribution < -0.4 is 16.0 Å². The van der Waals surface area contributed by atoms with Crippen molar-refractivity contribution in [3.05, 3.63) is 72.2 Å². The van der Waals surface area contributed by atoms with Gasteiger partial charge >= 0.3 is 0 Å². The van der Waals surface area contributed by atoms with Gasteiger partial charge in [0.2, 0.25) is 11.9 Å². The van der Waals surface area contributed by atoms with E-state index in [0.29, 0.717) is 23.0 Å². The van der Waals surface area contributed by atoms with E-state index in [2.05, 4.69) is 25.9 Å². The molecule has 0 fully saturated rings. The molecule has 0 spiro atoms. The smallest absolute Gasteiger partial charge is 0.224 e. The molecule has 3 aromatic rings. The van der Waals surface area contributed by atoms with Crippen LogP contribution >= 0.6 is 0 Å². The summed E-state index contributed by atoms with van der Waals surface area (Å²) in [5, 5.41) is 8.88. The second-order valence-corrected chi connectivity index (χ2v) is 5.60. The molecule has 1 aromatic heterocycles. The maximum absolute atomic E-state index is 13.7. The van der Waals surface area contributed by atoms with Gasteiger partial charge in [-0.1, -0.05) is 24.3 Å². The monoisotopic (exact) mass is 351 g/mol. The largest absolute Gasteiger partial charge is 0.350 e. The van der Waals surface area contributed by atoms with Crippen LogP contribution in [-0.2, 0) is 11.3 Å². The van der Waals surface area contributed by atoms with Crippen molar-refractivity contribution in [1.29, 1.82) is 0 Å². The Morgan fingerprint density at radius 1 is 1.08 bits per heavy atom. The summed E-state index contributed by atoms with van der Waals surface area (Å²) in [5.41, 5.74) is 2.00. The van der Waals surface area contributed by atoms with E-state index in [-0.39, 0.29) is 18.3 Å². The molecule has 0 aliphatic carbocycles. The van der Waals surface area contributed by atoms with Gasteiger partial charge in [0, 0.05) is 36.6 Å². The summed E-state index contributed by atoms with van der Waals surface area (Å²) in [4.78, 5) is 19.7. The lowest BCUT2D eigenvalue weighted by Crippen LogP contribution is -2.07. The molecular formula is C19H18FN5O. The fraction of sp³-hybridized carbons (Fsp3) is 0.105. The average Bonchev–Trinajstić information content (AvgIpc) is 2.61. The molecule has 7 heteroatoms. The van der Waals surface area contributed by atoms with E-state index in [0.717, 1.165) is 5.69 Å². The third-order valence-electron chi connectivity index (χ3n) is 3.51. The van der Waals surface area contributed by atoms with Crippen LogP contribution in [0.5, 0.6) is 0 Å².